The molecule has 0 spiro atoms. The molecule has 12 heavy (non-hydrogen) atoms. The fourth-order valence-corrected chi connectivity index (χ4v) is 0.880. The van der Waals surface area contributed by atoms with Gasteiger partial charge >= 0.3 is 0 Å². The van der Waals surface area contributed by atoms with Crippen molar-refractivity contribution in [3.8, 4) is 0 Å². The van der Waals surface area contributed by atoms with E-state index in [2.05, 4.69) is 6.92 Å². The van der Waals surface area contributed by atoms with E-state index in [1.54, 1.807) is 0 Å². The summed E-state index contributed by atoms with van der Waals surface area (Å²) < 4.78 is 0. The Labute approximate surface area is 76.7 Å². The second-order valence-corrected chi connectivity index (χ2v) is 3.57. The molecule has 1 aliphatic rings. The zero-order valence-corrected chi connectivity index (χ0v) is 8.39. The van der Waals surface area contributed by atoms with Crippen LogP contribution in [0.3, 0.4) is 0 Å². The molecule has 0 aromatic rings. The molecular formula is C10H24N2. The van der Waals surface area contributed by atoms with E-state index >= 15 is 0 Å². The quantitative estimate of drug-likeness (QED) is 0.505. The molecule has 0 atom stereocenters. The molecule has 0 unspecified atom stereocenters. The van der Waals surface area contributed by atoms with Crippen LogP contribution in [0.15, 0.2) is 0 Å². The second-order valence-electron chi connectivity index (χ2n) is 3.57. The fraction of sp³-hybridized carbons (Fsp3) is 1.00. The molecule has 0 amide bonds. The van der Waals surface area contributed by atoms with Crippen molar-refractivity contribution in [1.82, 2.24) is 0 Å². The first-order chi connectivity index (χ1) is 5.77. The summed E-state index contributed by atoms with van der Waals surface area (Å²) in [5.74, 6) is 0. The summed E-state index contributed by atoms with van der Waals surface area (Å²) in [7, 11) is 0. The maximum Gasteiger partial charge on any atom is 0.0520 e. The first-order valence-corrected chi connectivity index (χ1v) is 5.28. The van der Waals surface area contributed by atoms with Crippen LogP contribution in [0.5, 0.6) is 0 Å². The van der Waals surface area contributed by atoms with Gasteiger partial charge in [-0.1, -0.05) is 51.9 Å². The van der Waals surface area contributed by atoms with Gasteiger partial charge in [0.15, 0.2) is 0 Å². The van der Waals surface area contributed by atoms with Crippen molar-refractivity contribution in [3.63, 3.8) is 0 Å². The third-order valence-electron chi connectivity index (χ3n) is 2.14. The largest absolute Gasteiger partial charge is 0.316 e. The van der Waals surface area contributed by atoms with Crippen LogP contribution >= 0.6 is 0 Å². The Bertz CT molecular complexity index is 73.9. The lowest BCUT2D eigenvalue weighted by Gasteiger charge is -2.05. The highest BCUT2D eigenvalue weighted by Gasteiger charge is 1.95. The molecule has 0 aromatic carbocycles. The Hall–Kier alpha value is -0.0800. The van der Waals surface area contributed by atoms with Crippen LogP contribution in [-0.4, -0.2) is 6.17 Å². The number of unbranched alkanes of at least 4 members (excludes halogenated alkanes) is 2. The minimum absolute atomic E-state index is 0.0958. The minimum atomic E-state index is -0.0958. The maximum atomic E-state index is 5.31. The van der Waals surface area contributed by atoms with E-state index in [1.807, 2.05) is 0 Å². The smallest absolute Gasteiger partial charge is 0.0520 e. The third-order valence-corrected chi connectivity index (χ3v) is 2.14. The molecule has 0 saturated heterocycles. The van der Waals surface area contributed by atoms with E-state index in [0.29, 0.717) is 0 Å². The van der Waals surface area contributed by atoms with Crippen molar-refractivity contribution in [3.05, 3.63) is 0 Å². The zero-order chi connectivity index (χ0) is 9.23. The molecule has 4 N–H and O–H groups in total. The van der Waals surface area contributed by atoms with Gasteiger partial charge in [0.05, 0.1) is 6.17 Å². The highest BCUT2D eigenvalue weighted by molar-refractivity contribution is 4.51. The Balaban J connectivity index is 0.000000247. The molecule has 1 aliphatic carbocycles. The summed E-state index contributed by atoms with van der Waals surface area (Å²) in [6.45, 7) is 2.17. The van der Waals surface area contributed by atoms with E-state index in [4.69, 9.17) is 11.5 Å². The molecular weight excluding hydrogens is 148 g/mol. The third kappa shape index (κ3) is 9.92. The van der Waals surface area contributed by atoms with Gasteiger partial charge < -0.3 is 11.5 Å². The normalized spacial score (nSPS) is 15.0. The molecule has 0 aromatic heterocycles. The standard InChI is InChI=1S/C6H16N2.C4H8/c1-2-3-4-5-6(7)8;1-2-4-3-1/h6H,2-5,7-8H2,1H3;1-4H2. The topological polar surface area (TPSA) is 52.0 Å². The summed E-state index contributed by atoms with van der Waals surface area (Å²) in [5, 5.41) is 0. The van der Waals surface area contributed by atoms with Gasteiger partial charge in [0.25, 0.3) is 0 Å². The van der Waals surface area contributed by atoms with Gasteiger partial charge in [0, 0.05) is 0 Å². The highest BCUT2D eigenvalue weighted by Crippen LogP contribution is 2.15. The Morgan fingerprint density at radius 1 is 1.00 bits per heavy atom. The van der Waals surface area contributed by atoms with E-state index < -0.39 is 0 Å². The summed E-state index contributed by atoms with van der Waals surface area (Å²) in [4.78, 5) is 0. The molecule has 0 aliphatic heterocycles. The van der Waals surface area contributed by atoms with Crippen LogP contribution in [0.1, 0.15) is 58.3 Å². The molecule has 0 bridgehead atoms. The molecule has 1 saturated carbocycles. The first-order valence-electron chi connectivity index (χ1n) is 5.28. The lowest BCUT2D eigenvalue weighted by atomic mass is 10.0. The monoisotopic (exact) mass is 172 g/mol. The summed E-state index contributed by atoms with van der Waals surface area (Å²) in [5.41, 5.74) is 10.6. The van der Waals surface area contributed by atoms with Crippen LogP contribution in [0.4, 0.5) is 0 Å². The predicted molar refractivity (Wildman–Crippen MR) is 54.8 cm³/mol. The van der Waals surface area contributed by atoms with E-state index in [1.165, 1.54) is 44.9 Å². The number of hydrogen-bond acceptors (Lipinski definition) is 2. The Morgan fingerprint density at radius 2 is 1.50 bits per heavy atom. The second kappa shape index (κ2) is 9.01. The van der Waals surface area contributed by atoms with E-state index in [9.17, 15) is 0 Å². The number of nitrogens with two attached hydrogens (primary N) is 2. The lowest BCUT2D eigenvalue weighted by Crippen LogP contribution is -2.29. The molecule has 0 radical (unpaired) electrons. The Kier molecular flexibility index (Phi) is 8.95. The number of rotatable bonds is 4. The molecule has 74 valence electrons. The average Bonchev–Trinajstić information content (AvgIpc) is 1.83. The summed E-state index contributed by atoms with van der Waals surface area (Å²) in [6.07, 6.45) is 10.5. The van der Waals surface area contributed by atoms with Gasteiger partial charge in [-0.3, -0.25) is 0 Å². The molecule has 2 heteroatoms. The van der Waals surface area contributed by atoms with Crippen molar-refractivity contribution in [2.24, 2.45) is 11.5 Å². The summed E-state index contributed by atoms with van der Waals surface area (Å²) >= 11 is 0. The van der Waals surface area contributed by atoms with Crippen LogP contribution in [0.2, 0.25) is 0 Å². The van der Waals surface area contributed by atoms with E-state index in [-0.39, 0.29) is 6.17 Å². The van der Waals surface area contributed by atoms with Gasteiger partial charge in [0.1, 0.15) is 0 Å². The zero-order valence-electron chi connectivity index (χ0n) is 8.39. The molecule has 2 nitrogen and oxygen atoms in total. The van der Waals surface area contributed by atoms with Gasteiger partial charge in [-0.05, 0) is 6.42 Å². The summed E-state index contributed by atoms with van der Waals surface area (Å²) in [6, 6.07) is 0. The van der Waals surface area contributed by atoms with Crippen LogP contribution in [0.25, 0.3) is 0 Å². The highest BCUT2D eigenvalue weighted by atomic mass is 14.8. The van der Waals surface area contributed by atoms with E-state index in [0.717, 1.165) is 6.42 Å². The maximum absolute atomic E-state index is 5.31. The van der Waals surface area contributed by atoms with Crippen LogP contribution in [0, 0.1) is 0 Å². The Morgan fingerprint density at radius 3 is 1.75 bits per heavy atom. The van der Waals surface area contributed by atoms with Crippen molar-refractivity contribution in [2.45, 2.75) is 64.5 Å². The average molecular weight is 172 g/mol. The SMILES string of the molecule is C1CCC1.CCCCCC(N)N. The molecule has 1 rings (SSSR count). The first kappa shape index (κ1) is 11.9. The van der Waals surface area contributed by atoms with Gasteiger partial charge in [-0.25, -0.2) is 0 Å². The van der Waals surface area contributed by atoms with Gasteiger partial charge in [-0.15, -0.1) is 0 Å². The van der Waals surface area contributed by atoms with Crippen LogP contribution < -0.4 is 11.5 Å². The van der Waals surface area contributed by atoms with Crippen molar-refractivity contribution < 1.29 is 0 Å². The lowest BCUT2D eigenvalue weighted by molar-refractivity contribution is 0.504. The van der Waals surface area contributed by atoms with Gasteiger partial charge in [-0.2, -0.15) is 0 Å². The minimum Gasteiger partial charge on any atom is -0.316 e. The number of hydrogen-bond donors (Lipinski definition) is 2. The van der Waals surface area contributed by atoms with Crippen molar-refractivity contribution in [1.29, 1.82) is 0 Å². The van der Waals surface area contributed by atoms with Crippen molar-refractivity contribution in [2.75, 3.05) is 0 Å². The fourth-order valence-electron chi connectivity index (χ4n) is 0.880. The molecule has 0 heterocycles. The van der Waals surface area contributed by atoms with Crippen molar-refractivity contribution >= 4 is 0 Å². The predicted octanol–water partition coefficient (Wildman–Crippen LogP) is 2.37. The molecule has 1 fully saturated rings. The van der Waals surface area contributed by atoms with Gasteiger partial charge in [0.2, 0.25) is 0 Å². The van der Waals surface area contributed by atoms with Crippen LogP contribution in [-0.2, 0) is 0 Å².